The Morgan fingerprint density at radius 3 is 2.37 bits per heavy atom. The number of oxime groups is 1. The van der Waals surface area contributed by atoms with E-state index in [1.807, 2.05) is 5.32 Å². The molecule has 27 heavy (non-hydrogen) atoms. The number of benzene rings is 2. The van der Waals surface area contributed by atoms with Crippen LogP contribution in [0.1, 0.15) is 5.56 Å². The Labute approximate surface area is 153 Å². The zero-order valence-corrected chi connectivity index (χ0v) is 14.3. The van der Waals surface area contributed by atoms with Crippen molar-refractivity contribution in [2.75, 3.05) is 25.6 Å². The van der Waals surface area contributed by atoms with Gasteiger partial charge in [0.15, 0.2) is 6.61 Å². The van der Waals surface area contributed by atoms with Gasteiger partial charge in [0.2, 0.25) is 6.61 Å². The van der Waals surface area contributed by atoms with Gasteiger partial charge in [0.05, 0.1) is 13.3 Å². The number of nitrogens with zero attached hydrogens (tertiary/aromatic N) is 1. The molecule has 1 N–H and O–H groups in total. The number of rotatable bonds is 8. The van der Waals surface area contributed by atoms with Gasteiger partial charge in [-0.25, -0.2) is 13.6 Å². The smallest absolute Gasteiger partial charge is 0.347 e. The number of nitrogens with one attached hydrogen (secondary N) is 1. The summed E-state index contributed by atoms with van der Waals surface area (Å²) in [5, 5.41) is 5.57. The predicted octanol–water partition coefficient (Wildman–Crippen LogP) is 2.51. The van der Waals surface area contributed by atoms with Crippen LogP contribution in [-0.2, 0) is 19.2 Å². The summed E-state index contributed by atoms with van der Waals surface area (Å²) in [5.41, 5.74) is 0.106. The zero-order valence-electron chi connectivity index (χ0n) is 14.3. The summed E-state index contributed by atoms with van der Waals surface area (Å²) in [6, 6.07) is 10.1. The highest BCUT2D eigenvalue weighted by Crippen LogP contribution is 2.17. The number of hydrogen-bond acceptors (Lipinski definition) is 6. The number of para-hydroxylation sites is 1. The third kappa shape index (κ3) is 6.38. The van der Waals surface area contributed by atoms with E-state index in [0.717, 1.165) is 23.8 Å². The van der Waals surface area contributed by atoms with Gasteiger partial charge in [-0.05, 0) is 42.0 Å². The molecule has 2 rings (SSSR count). The molecule has 9 heteroatoms. The van der Waals surface area contributed by atoms with Crippen LogP contribution < -0.4 is 10.1 Å². The summed E-state index contributed by atoms with van der Waals surface area (Å²) < 4.78 is 36.4. The molecular weight excluding hydrogens is 362 g/mol. The minimum Gasteiger partial charge on any atom is -0.497 e. The number of carbonyl (C=O) groups is 2. The van der Waals surface area contributed by atoms with Gasteiger partial charge in [-0.15, -0.1) is 0 Å². The molecule has 0 saturated carbocycles. The van der Waals surface area contributed by atoms with Crippen molar-refractivity contribution >= 4 is 23.8 Å². The number of esters is 1. The Hall–Kier alpha value is -3.49. The molecule has 2 aromatic carbocycles. The summed E-state index contributed by atoms with van der Waals surface area (Å²) in [6.45, 7) is -1.26. The molecule has 0 atom stereocenters. The fourth-order valence-electron chi connectivity index (χ4n) is 1.86. The first-order valence-corrected chi connectivity index (χ1v) is 7.68. The fourth-order valence-corrected chi connectivity index (χ4v) is 1.86. The van der Waals surface area contributed by atoms with Gasteiger partial charge in [-0.1, -0.05) is 11.2 Å². The van der Waals surface area contributed by atoms with Crippen LogP contribution in [0.3, 0.4) is 0 Å². The second-order valence-electron chi connectivity index (χ2n) is 5.09. The lowest BCUT2D eigenvalue weighted by atomic mass is 10.2. The first kappa shape index (κ1) is 19.8. The number of amides is 1. The maximum Gasteiger partial charge on any atom is 0.347 e. The summed E-state index contributed by atoms with van der Waals surface area (Å²) in [4.78, 5) is 27.8. The molecule has 7 nitrogen and oxygen atoms in total. The minimum absolute atomic E-state index is 0.534. The lowest BCUT2D eigenvalue weighted by Gasteiger charge is -2.07. The topological polar surface area (TPSA) is 86.2 Å². The quantitative estimate of drug-likeness (QED) is 0.433. The molecule has 2 aromatic rings. The van der Waals surface area contributed by atoms with Crippen LogP contribution in [-0.4, -0.2) is 38.4 Å². The average Bonchev–Trinajstić information content (AvgIpc) is 2.67. The first-order valence-electron chi connectivity index (χ1n) is 7.68. The van der Waals surface area contributed by atoms with E-state index in [4.69, 9.17) is 9.57 Å². The SMILES string of the molecule is COc1ccc(/C=N\OCC(=O)OCC(=O)Nc2c(F)cccc2F)cc1. The van der Waals surface area contributed by atoms with Gasteiger partial charge in [0, 0.05) is 0 Å². The van der Waals surface area contributed by atoms with E-state index < -0.39 is 42.4 Å². The molecule has 0 aliphatic heterocycles. The van der Waals surface area contributed by atoms with Crippen LogP contribution in [0.2, 0.25) is 0 Å². The lowest BCUT2D eigenvalue weighted by Crippen LogP contribution is -2.23. The van der Waals surface area contributed by atoms with Crippen molar-refractivity contribution in [1.82, 2.24) is 0 Å². The summed E-state index contributed by atoms with van der Waals surface area (Å²) in [7, 11) is 1.55. The maximum atomic E-state index is 13.4. The van der Waals surface area contributed by atoms with Crippen LogP contribution in [0.4, 0.5) is 14.5 Å². The molecule has 0 fully saturated rings. The fraction of sp³-hybridized carbons (Fsp3) is 0.167. The summed E-state index contributed by atoms with van der Waals surface area (Å²) in [6.07, 6.45) is 1.38. The Morgan fingerprint density at radius 1 is 1.07 bits per heavy atom. The molecule has 0 unspecified atom stereocenters. The van der Waals surface area contributed by atoms with Gasteiger partial charge in [0.1, 0.15) is 23.1 Å². The van der Waals surface area contributed by atoms with Crippen molar-refractivity contribution in [2.24, 2.45) is 5.16 Å². The molecule has 0 bridgehead atoms. The summed E-state index contributed by atoms with van der Waals surface area (Å²) in [5.74, 6) is -2.96. The maximum absolute atomic E-state index is 13.4. The highest BCUT2D eigenvalue weighted by molar-refractivity contribution is 5.93. The monoisotopic (exact) mass is 378 g/mol. The standard InChI is InChI=1S/C18H16F2N2O5/c1-25-13-7-5-12(6-8-13)9-21-27-11-17(24)26-10-16(23)22-18-14(19)3-2-4-15(18)20/h2-9H,10-11H2,1H3,(H,22,23)/b21-9-. The van der Waals surface area contributed by atoms with E-state index in [1.165, 1.54) is 6.21 Å². The van der Waals surface area contributed by atoms with Crippen molar-refractivity contribution < 1.29 is 32.7 Å². The highest BCUT2D eigenvalue weighted by atomic mass is 19.1. The highest BCUT2D eigenvalue weighted by Gasteiger charge is 2.13. The average molecular weight is 378 g/mol. The van der Waals surface area contributed by atoms with Crippen molar-refractivity contribution in [3.8, 4) is 5.75 Å². The second kappa shape index (κ2) is 9.85. The number of carbonyl (C=O) groups excluding carboxylic acids is 2. The van der Waals surface area contributed by atoms with Gasteiger partial charge in [-0.3, -0.25) is 4.79 Å². The van der Waals surface area contributed by atoms with Gasteiger partial charge in [0.25, 0.3) is 5.91 Å². The molecular formula is C18H16F2N2O5. The Morgan fingerprint density at radius 2 is 1.74 bits per heavy atom. The van der Waals surface area contributed by atoms with E-state index in [0.29, 0.717) is 5.75 Å². The molecule has 0 aromatic heterocycles. The van der Waals surface area contributed by atoms with Crippen LogP contribution in [0.5, 0.6) is 5.75 Å². The van der Waals surface area contributed by atoms with Crippen molar-refractivity contribution in [2.45, 2.75) is 0 Å². The van der Waals surface area contributed by atoms with Crippen LogP contribution in [0, 0.1) is 11.6 Å². The van der Waals surface area contributed by atoms with Crippen LogP contribution in [0.25, 0.3) is 0 Å². The Balaban J connectivity index is 1.71. The molecule has 0 saturated heterocycles. The largest absolute Gasteiger partial charge is 0.497 e. The lowest BCUT2D eigenvalue weighted by molar-refractivity contribution is -0.151. The molecule has 142 valence electrons. The molecule has 0 radical (unpaired) electrons. The molecule has 0 spiro atoms. The number of ether oxygens (including phenoxy) is 2. The van der Waals surface area contributed by atoms with E-state index in [1.54, 1.807) is 31.4 Å². The van der Waals surface area contributed by atoms with Crippen molar-refractivity contribution in [3.05, 3.63) is 59.7 Å². The normalized spacial score (nSPS) is 10.5. The summed E-state index contributed by atoms with van der Waals surface area (Å²) >= 11 is 0. The predicted molar refractivity (Wildman–Crippen MR) is 92.5 cm³/mol. The number of methoxy groups -OCH3 is 1. The minimum atomic E-state index is -0.939. The third-order valence-corrected chi connectivity index (χ3v) is 3.17. The van der Waals surface area contributed by atoms with E-state index in [-0.39, 0.29) is 0 Å². The van der Waals surface area contributed by atoms with Crippen LogP contribution in [0.15, 0.2) is 47.6 Å². The van der Waals surface area contributed by atoms with Gasteiger partial charge < -0.3 is 19.6 Å². The number of halogens is 2. The van der Waals surface area contributed by atoms with E-state index in [9.17, 15) is 18.4 Å². The van der Waals surface area contributed by atoms with Crippen molar-refractivity contribution in [3.63, 3.8) is 0 Å². The zero-order chi connectivity index (χ0) is 19.6. The third-order valence-electron chi connectivity index (χ3n) is 3.17. The van der Waals surface area contributed by atoms with E-state index >= 15 is 0 Å². The molecule has 0 aliphatic rings. The Bertz CT molecular complexity index is 805. The van der Waals surface area contributed by atoms with Crippen LogP contribution >= 0.6 is 0 Å². The van der Waals surface area contributed by atoms with Crippen molar-refractivity contribution in [1.29, 1.82) is 0 Å². The van der Waals surface area contributed by atoms with E-state index in [2.05, 4.69) is 9.89 Å². The molecule has 0 heterocycles. The van der Waals surface area contributed by atoms with Gasteiger partial charge in [-0.2, -0.15) is 0 Å². The number of hydrogen-bond donors (Lipinski definition) is 1. The van der Waals surface area contributed by atoms with Gasteiger partial charge >= 0.3 is 5.97 Å². The Kier molecular flexibility index (Phi) is 7.24. The first-order chi connectivity index (χ1) is 13.0. The molecule has 1 amide bonds. The molecule has 0 aliphatic carbocycles. The number of anilines is 1. The second-order valence-corrected chi connectivity index (χ2v) is 5.09.